The molecule has 0 spiro atoms. The fourth-order valence-electron chi connectivity index (χ4n) is 11.5. The largest absolute Gasteiger partial charge is 0.494 e. The van der Waals surface area contributed by atoms with Gasteiger partial charge < -0.3 is 133 Å². The van der Waals surface area contributed by atoms with Crippen LogP contribution in [0.4, 0.5) is 0 Å². The summed E-state index contributed by atoms with van der Waals surface area (Å²) in [5.74, 6) is 0.845. The van der Waals surface area contributed by atoms with E-state index in [2.05, 4.69) is 88.4 Å². The lowest BCUT2D eigenvalue weighted by Gasteiger charge is -2.33. The van der Waals surface area contributed by atoms with Crippen molar-refractivity contribution in [1.29, 1.82) is 0 Å². The first-order valence-corrected chi connectivity index (χ1v) is 39.9. The molecule has 5 rings (SSSR count). The Kier molecular flexibility index (Phi) is 57.8. The summed E-state index contributed by atoms with van der Waals surface area (Å²) in [5.41, 5.74) is 12.6. The molecule has 0 radical (unpaired) electrons. The first-order chi connectivity index (χ1) is 54.2. The number of rotatable bonds is 81. The summed E-state index contributed by atoms with van der Waals surface area (Å²) in [7, 11) is 2.78. The molecule has 2 N–H and O–H groups in total. The zero-order valence-electron chi connectivity index (χ0n) is 67.6. The maximum atomic E-state index is 6.68. The molecule has 0 saturated carbocycles. The van der Waals surface area contributed by atoms with Crippen LogP contribution in [0.15, 0.2) is 60.7 Å². The number of methoxy groups -OCH3 is 2. The molecule has 632 valence electrons. The van der Waals surface area contributed by atoms with Gasteiger partial charge in [0.1, 0.15) is 5.75 Å². The van der Waals surface area contributed by atoms with E-state index in [1.165, 1.54) is 22.3 Å². The molecule has 1 aliphatic carbocycles. The van der Waals surface area contributed by atoms with E-state index in [1.54, 1.807) is 14.2 Å². The van der Waals surface area contributed by atoms with E-state index in [1.807, 2.05) is 0 Å². The fraction of sp³-hybridized carbons (Fsp3) is 0.778. The van der Waals surface area contributed by atoms with Gasteiger partial charge in [-0.1, -0.05) is 42.5 Å². The number of benzene rings is 3. The predicted octanol–water partition coefficient (Wildman–Crippen LogP) is 7.26. The Bertz CT molecular complexity index is 2510. The van der Waals surface area contributed by atoms with Crippen LogP contribution in [0.5, 0.6) is 5.75 Å². The second-order valence-corrected chi connectivity index (χ2v) is 26.8. The highest BCUT2D eigenvalue weighted by molar-refractivity contribution is 6.62. The highest BCUT2D eigenvalue weighted by Crippen LogP contribution is 2.55. The molecule has 0 bridgehead atoms. The van der Waals surface area contributed by atoms with E-state index in [9.17, 15) is 0 Å². The summed E-state index contributed by atoms with van der Waals surface area (Å²) in [5, 5.41) is 0. The third kappa shape index (κ3) is 44.0. The Morgan fingerprint density at radius 2 is 0.527 bits per heavy atom. The normalized spacial score (nSPS) is 14.2. The van der Waals surface area contributed by atoms with Crippen LogP contribution >= 0.6 is 0 Å². The third-order valence-corrected chi connectivity index (χ3v) is 18.1. The molecule has 1 aliphatic heterocycles. The van der Waals surface area contributed by atoms with Gasteiger partial charge in [-0.25, -0.2) is 0 Å². The van der Waals surface area contributed by atoms with Crippen LogP contribution in [0.2, 0.25) is 0 Å². The number of hydrogen-bond donors (Lipinski definition) is 1. The van der Waals surface area contributed by atoms with Gasteiger partial charge in [-0.05, 0) is 130 Å². The number of unbranched alkanes of at least 4 members (excludes halogenated alkanes) is 1. The first-order valence-electron chi connectivity index (χ1n) is 39.9. The van der Waals surface area contributed by atoms with Gasteiger partial charge in [0, 0.05) is 32.8 Å². The highest BCUT2D eigenvalue weighted by Gasteiger charge is 2.52. The van der Waals surface area contributed by atoms with Crippen molar-refractivity contribution >= 4 is 12.6 Å². The molecule has 3 aromatic rings. The van der Waals surface area contributed by atoms with Crippen LogP contribution in [-0.4, -0.2) is 350 Å². The van der Waals surface area contributed by atoms with Crippen LogP contribution in [0.1, 0.15) is 77.3 Å². The van der Waals surface area contributed by atoms with Crippen molar-refractivity contribution in [3.8, 4) is 28.0 Å². The summed E-state index contributed by atoms with van der Waals surface area (Å²) >= 11 is 0. The van der Waals surface area contributed by atoms with Crippen LogP contribution in [0, 0.1) is 0 Å². The van der Waals surface area contributed by atoms with Gasteiger partial charge in [-0.2, -0.15) is 0 Å². The lowest BCUT2D eigenvalue weighted by molar-refractivity contribution is -0.0281. The van der Waals surface area contributed by atoms with Crippen molar-refractivity contribution in [3.63, 3.8) is 0 Å². The summed E-state index contributed by atoms with van der Waals surface area (Å²) in [6, 6.07) is 22.1. The maximum Gasteiger partial charge on any atom is 0.494 e. The Labute approximate surface area is 657 Å². The molecule has 0 atom stereocenters. The van der Waals surface area contributed by atoms with E-state index >= 15 is 0 Å². The van der Waals surface area contributed by atoms with Gasteiger partial charge in [0.15, 0.2) is 0 Å². The van der Waals surface area contributed by atoms with Crippen LogP contribution in [0.25, 0.3) is 22.3 Å². The van der Waals surface area contributed by atoms with Gasteiger partial charge in [0.05, 0.1) is 309 Å². The van der Waals surface area contributed by atoms with Crippen LogP contribution < -0.4 is 15.9 Å². The summed E-state index contributed by atoms with van der Waals surface area (Å²) in [6.07, 6.45) is 5.15. The van der Waals surface area contributed by atoms with Crippen molar-refractivity contribution in [3.05, 3.63) is 71.8 Å². The quantitative estimate of drug-likeness (QED) is 0.0430. The van der Waals surface area contributed by atoms with Gasteiger partial charge in [-0.3, -0.25) is 0 Å². The number of ether oxygens (including phenoxy) is 25. The molecule has 1 fully saturated rings. The maximum absolute atomic E-state index is 6.68. The van der Waals surface area contributed by atoms with Crippen molar-refractivity contribution in [2.45, 2.75) is 82.8 Å². The summed E-state index contributed by atoms with van der Waals surface area (Å²) in [6.45, 7) is 32.6. The van der Waals surface area contributed by atoms with E-state index in [0.717, 1.165) is 60.9 Å². The molecule has 28 nitrogen and oxygen atoms in total. The monoisotopic (exact) mass is 1570 g/mol. The topological polar surface area (TPSA) is 275 Å². The SMILES string of the molecule is COCCOCCOCCOCCOCCOCCOCCOCCOCCOCCOCCOCCCC1(CCCOCCOCCOCCOCCOCCOCCOCCOCCOCCOCCOCCOC)c2cc(B3OC(C)(C)C(C)(C)O3)ccc2-c2ccc(-c3ccc(OCCCCN)cc3)cc21. The molecule has 110 heavy (non-hydrogen) atoms. The summed E-state index contributed by atoms with van der Waals surface area (Å²) in [4.78, 5) is 0. The molecule has 29 heteroatoms. The molecule has 0 unspecified atom stereocenters. The van der Waals surface area contributed by atoms with Crippen molar-refractivity contribution in [2.24, 2.45) is 5.73 Å². The standard InChI is InChI=1S/C81H138BNO27/c1-79(2)80(3,4)110-82(109-79)73-14-18-76-75-17-13-72(71-11-15-74(16-12-71)108-24-8-7-21-83)69-77(75)81(78(76)70-73,19-9-22-86-29-31-90-37-39-94-45-47-98-53-55-102-61-63-106-67-65-104-59-57-100-51-49-96-43-41-92-35-33-88-27-25-84-5)20-10-23-87-30-32-91-38-40-95-46-48-99-54-56-103-62-64-107-68-66-105-60-58-101-52-50-97-44-42-93-36-34-89-28-26-85-6/h11-18,69-70H,7-10,19-68,83H2,1-6H3. The second kappa shape index (κ2) is 65.6. The summed E-state index contributed by atoms with van der Waals surface area (Å²) < 4.78 is 154. The van der Waals surface area contributed by atoms with Gasteiger partial charge in [-0.15, -0.1) is 0 Å². The molecule has 1 heterocycles. The molecule has 0 amide bonds. The molecule has 3 aromatic carbocycles. The van der Waals surface area contributed by atoms with E-state index in [0.29, 0.717) is 317 Å². The Morgan fingerprint density at radius 3 is 0.809 bits per heavy atom. The average molecular weight is 1570 g/mol. The Balaban J connectivity index is 0.941. The average Bonchev–Trinajstić information content (AvgIpc) is 1.56. The minimum absolute atomic E-state index is 0.382. The third-order valence-electron chi connectivity index (χ3n) is 18.1. The van der Waals surface area contributed by atoms with E-state index < -0.39 is 18.3 Å². The first kappa shape index (κ1) is 97.0. The minimum atomic E-state index is -0.516. The zero-order chi connectivity index (χ0) is 78.0. The second-order valence-electron chi connectivity index (χ2n) is 26.8. The molecule has 0 aromatic heterocycles. The van der Waals surface area contributed by atoms with Gasteiger partial charge >= 0.3 is 7.12 Å². The minimum Gasteiger partial charge on any atom is -0.494 e. The molecular weight excluding hydrogens is 1430 g/mol. The number of fused-ring (bicyclic) bond motifs is 3. The lowest BCUT2D eigenvalue weighted by Crippen LogP contribution is -2.41. The van der Waals surface area contributed by atoms with Crippen molar-refractivity contribution in [2.75, 3.05) is 331 Å². The zero-order valence-corrected chi connectivity index (χ0v) is 67.6. The van der Waals surface area contributed by atoms with E-state index in [-0.39, 0.29) is 5.41 Å². The molecule has 2 aliphatic rings. The lowest BCUT2D eigenvalue weighted by atomic mass is 9.69. The van der Waals surface area contributed by atoms with Gasteiger partial charge in [0.2, 0.25) is 0 Å². The highest BCUT2D eigenvalue weighted by atomic mass is 16.7. The Hall–Kier alpha value is -3.56. The molecule has 1 saturated heterocycles. The number of hydrogen-bond acceptors (Lipinski definition) is 28. The van der Waals surface area contributed by atoms with Crippen molar-refractivity contribution < 1.29 is 128 Å². The van der Waals surface area contributed by atoms with E-state index in [4.69, 9.17) is 133 Å². The van der Waals surface area contributed by atoms with Crippen LogP contribution in [0.3, 0.4) is 0 Å². The fourth-order valence-corrected chi connectivity index (χ4v) is 11.5. The Morgan fingerprint density at radius 1 is 0.273 bits per heavy atom. The predicted molar refractivity (Wildman–Crippen MR) is 418 cm³/mol. The van der Waals surface area contributed by atoms with Crippen molar-refractivity contribution in [1.82, 2.24) is 0 Å². The van der Waals surface area contributed by atoms with Crippen LogP contribution in [-0.2, 0) is 128 Å². The molecular formula is C81H138BNO27. The smallest absolute Gasteiger partial charge is 0.494 e. The van der Waals surface area contributed by atoms with Gasteiger partial charge in [0.25, 0.3) is 0 Å². The number of nitrogens with two attached hydrogens (primary N) is 1.